The molecule has 2 atom stereocenters. The lowest BCUT2D eigenvalue weighted by Gasteiger charge is -2.22. The van der Waals surface area contributed by atoms with Gasteiger partial charge in [0.1, 0.15) is 18.8 Å². The van der Waals surface area contributed by atoms with Crippen LogP contribution in [0.4, 0.5) is 4.39 Å². The Kier molecular flexibility index (Phi) is 7.90. The number of hydrogen-bond acceptors (Lipinski definition) is 5. The van der Waals surface area contributed by atoms with Crippen molar-refractivity contribution >= 4 is 40.0 Å². The summed E-state index contributed by atoms with van der Waals surface area (Å²) < 4.78 is 18.9. The molecule has 1 unspecified atom stereocenters. The van der Waals surface area contributed by atoms with E-state index in [9.17, 15) is 23.6 Å². The van der Waals surface area contributed by atoms with Gasteiger partial charge in [0.05, 0.1) is 13.0 Å². The van der Waals surface area contributed by atoms with Gasteiger partial charge in [0.15, 0.2) is 5.78 Å². The fourth-order valence-corrected chi connectivity index (χ4v) is 3.15. The van der Waals surface area contributed by atoms with Crippen LogP contribution < -0.4 is 10.9 Å². The van der Waals surface area contributed by atoms with Crippen LogP contribution in [0.1, 0.15) is 32.7 Å². The zero-order chi connectivity index (χ0) is 21.6. The SMILES string of the molecule is CCOC(=O)C[C@H](NC(=O)C(CC)n1ccc2ccc(Cl)cc2c1=O)C(=O)CF. The maximum absolute atomic E-state index is 12.9. The summed E-state index contributed by atoms with van der Waals surface area (Å²) in [5.74, 6) is -2.35. The van der Waals surface area contributed by atoms with Crippen molar-refractivity contribution in [1.29, 1.82) is 0 Å². The Morgan fingerprint density at radius 3 is 2.59 bits per heavy atom. The van der Waals surface area contributed by atoms with Crippen molar-refractivity contribution in [2.45, 2.75) is 38.8 Å². The molecule has 0 saturated carbocycles. The number of halogens is 2. The van der Waals surface area contributed by atoms with E-state index in [2.05, 4.69) is 5.32 Å². The molecule has 2 rings (SSSR count). The first-order valence-corrected chi connectivity index (χ1v) is 9.55. The molecule has 1 amide bonds. The number of carbonyl (C=O) groups excluding carboxylic acids is 3. The quantitative estimate of drug-likeness (QED) is 0.624. The van der Waals surface area contributed by atoms with Crippen molar-refractivity contribution in [1.82, 2.24) is 9.88 Å². The van der Waals surface area contributed by atoms with Gasteiger partial charge in [-0.1, -0.05) is 24.6 Å². The molecular formula is C20H22ClFN2O5. The third-order valence-corrected chi connectivity index (χ3v) is 4.67. The highest BCUT2D eigenvalue weighted by atomic mass is 35.5. The molecule has 1 heterocycles. The van der Waals surface area contributed by atoms with Crippen LogP contribution in [0.15, 0.2) is 35.3 Å². The summed E-state index contributed by atoms with van der Waals surface area (Å²) >= 11 is 5.97. The van der Waals surface area contributed by atoms with Gasteiger partial charge in [-0.2, -0.15) is 0 Å². The number of ether oxygens (including phenoxy) is 1. The second kappa shape index (κ2) is 10.2. The van der Waals surface area contributed by atoms with E-state index in [1.54, 1.807) is 32.0 Å². The number of nitrogens with one attached hydrogen (secondary N) is 1. The molecule has 2 aromatic rings. The van der Waals surface area contributed by atoms with E-state index in [1.807, 2.05) is 0 Å². The van der Waals surface area contributed by atoms with Crippen LogP contribution in [0.5, 0.6) is 0 Å². The van der Waals surface area contributed by atoms with E-state index in [-0.39, 0.29) is 13.0 Å². The molecule has 0 aliphatic heterocycles. The molecule has 0 spiro atoms. The van der Waals surface area contributed by atoms with Gasteiger partial charge >= 0.3 is 5.97 Å². The first-order valence-electron chi connectivity index (χ1n) is 9.17. The van der Waals surface area contributed by atoms with Crippen molar-refractivity contribution in [3.8, 4) is 0 Å². The minimum atomic E-state index is -1.37. The second-order valence-corrected chi connectivity index (χ2v) is 6.79. The molecule has 1 N–H and O–H groups in total. The number of esters is 1. The first-order chi connectivity index (χ1) is 13.8. The summed E-state index contributed by atoms with van der Waals surface area (Å²) in [4.78, 5) is 49.1. The molecule has 156 valence electrons. The molecular weight excluding hydrogens is 403 g/mol. The van der Waals surface area contributed by atoms with Crippen molar-refractivity contribution < 1.29 is 23.5 Å². The van der Waals surface area contributed by atoms with Gasteiger partial charge in [0.2, 0.25) is 5.91 Å². The molecule has 0 aliphatic rings. The van der Waals surface area contributed by atoms with Gasteiger partial charge in [0, 0.05) is 16.6 Å². The number of hydrogen-bond donors (Lipinski definition) is 1. The lowest BCUT2D eigenvalue weighted by Crippen LogP contribution is -2.47. The van der Waals surface area contributed by atoms with Crippen LogP contribution in [0, 0.1) is 0 Å². The highest BCUT2D eigenvalue weighted by Gasteiger charge is 2.28. The van der Waals surface area contributed by atoms with Crippen LogP contribution in [0.25, 0.3) is 10.8 Å². The van der Waals surface area contributed by atoms with Crippen LogP contribution in [0.3, 0.4) is 0 Å². The zero-order valence-corrected chi connectivity index (χ0v) is 16.9. The molecule has 1 aromatic carbocycles. The lowest BCUT2D eigenvalue weighted by atomic mass is 10.1. The third-order valence-electron chi connectivity index (χ3n) is 4.43. The average Bonchev–Trinajstić information content (AvgIpc) is 2.69. The van der Waals surface area contributed by atoms with Crippen LogP contribution >= 0.6 is 11.6 Å². The fourth-order valence-electron chi connectivity index (χ4n) is 2.97. The number of ketones is 1. The van der Waals surface area contributed by atoms with Crippen LogP contribution in [0.2, 0.25) is 5.02 Å². The molecule has 7 nitrogen and oxygen atoms in total. The summed E-state index contributed by atoms with van der Waals surface area (Å²) in [6.45, 7) is 2.04. The monoisotopic (exact) mass is 424 g/mol. The van der Waals surface area contributed by atoms with Crippen molar-refractivity contribution in [2.24, 2.45) is 0 Å². The summed E-state index contributed by atoms with van der Waals surface area (Å²) in [6, 6.07) is 4.21. The standard InChI is InChI=1S/C20H22ClFN2O5/c1-3-16(19(27)23-15(17(25)11-22)10-18(26)29-4-2)24-8-7-12-5-6-13(21)9-14(12)20(24)28/h5-9,15-16H,3-4,10-11H2,1-2H3,(H,23,27)/t15-,16?/m0/s1. The molecule has 0 saturated heterocycles. The molecule has 9 heteroatoms. The summed E-state index contributed by atoms with van der Waals surface area (Å²) in [5.41, 5.74) is -0.425. The minimum Gasteiger partial charge on any atom is -0.466 e. The number of nitrogens with zero attached hydrogens (tertiary/aromatic N) is 1. The van der Waals surface area contributed by atoms with Gasteiger partial charge in [-0.3, -0.25) is 19.2 Å². The summed E-state index contributed by atoms with van der Waals surface area (Å²) in [5, 5.41) is 3.77. The van der Waals surface area contributed by atoms with Crippen molar-refractivity contribution in [2.75, 3.05) is 13.3 Å². The van der Waals surface area contributed by atoms with Gasteiger partial charge in [-0.15, -0.1) is 0 Å². The van der Waals surface area contributed by atoms with Crippen molar-refractivity contribution in [3.05, 3.63) is 45.8 Å². The number of Topliss-reactive ketones (excluding diaryl/α,β-unsaturated/α-hetero) is 1. The third kappa shape index (κ3) is 5.41. The first kappa shape index (κ1) is 22.5. The van der Waals surface area contributed by atoms with Crippen LogP contribution in [-0.2, 0) is 19.1 Å². The lowest BCUT2D eigenvalue weighted by molar-refractivity contribution is -0.145. The number of amides is 1. The second-order valence-electron chi connectivity index (χ2n) is 6.35. The minimum absolute atomic E-state index is 0.0932. The predicted molar refractivity (Wildman–Crippen MR) is 107 cm³/mol. The number of alkyl halides is 1. The Hall–Kier alpha value is -2.74. The maximum Gasteiger partial charge on any atom is 0.308 e. The summed E-state index contributed by atoms with van der Waals surface area (Å²) in [7, 11) is 0. The average molecular weight is 425 g/mol. The van der Waals surface area contributed by atoms with Gasteiger partial charge in [-0.25, -0.2) is 4.39 Å². The van der Waals surface area contributed by atoms with Crippen molar-refractivity contribution in [3.63, 3.8) is 0 Å². The largest absolute Gasteiger partial charge is 0.466 e. The molecule has 0 bridgehead atoms. The van der Waals surface area contributed by atoms with Gasteiger partial charge in [0.25, 0.3) is 5.56 Å². The topological polar surface area (TPSA) is 94.5 Å². The van der Waals surface area contributed by atoms with E-state index in [0.717, 1.165) is 0 Å². The number of aromatic nitrogens is 1. The Balaban J connectivity index is 2.32. The van der Waals surface area contributed by atoms with E-state index in [0.29, 0.717) is 15.8 Å². The van der Waals surface area contributed by atoms with E-state index in [4.69, 9.17) is 16.3 Å². The number of benzene rings is 1. The van der Waals surface area contributed by atoms with Crippen LogP contribution in [-0.4, -0.2) is 41.6 Å². The molecule has 0 radical (unpaired) electrons. The molecule has 0 fully saturated rings. The predicted octanol–water partition coefficient (Wildman–Crippen LogP) is 2.58. The van der Waals surface area contributed by atoms with E-state index in [1.165, 1.54) is 16.8 Å². The summed E-state index contributed by atoms with van der Waals surface area (Å²) in [6.07, 6.45) is 1.22. The Bertz CT molecular complexity index is 975. The molecule has 1 aromatic heterocycles. The Morgan fingerprint density at radius 2 is 1.97 bits per heavy atom. The zero-order valence-electron chi connectivity index (χ0n) is 16.1. The number of carbonyl (C=O) groups is 3. The highest BCUT2D eigenvalue weighted by Crippen LogP contribution is 2.18. The fraction of sp³-hybridized carbons (Fsp3) is 0.400. The highest BCUT2D eigenvalue weighted by molar-refractivity contribution is 6.31. The number of pyridine rings is 1. The van der Waals surface area contributed by atoms with Gasteiger partial charge < -0.3 is 14.6 Å². The normalized spacial score (nSPS) is 13.0. The maximum atomic E-state index is 12.9. The number of fused-ring (bicyclic) bond motifs is 1. The number of rotatable bonds is 9. The Labute approximate surface area is 171 Å². The van der Waals surface area contributed by atoms with E-state index < -0.39 is 48.4 Å². The smallest absolute Gasteiger partial charge is 0.308 e. The Morgan fingerprint density at radius 1 is 1.24 bits per heavy atom. The molecule has 0 aliphatic carbocycles. The van der Waals surface area contributed by atoms with E-state index >= 15 is 0 Å². The van der Waals surface area contributed by atoms with Gasteiger partial charge in [-0.05, 0) is 36.9 Å². The molecule has 29 heavy (non-hydrogen) atoms.